The fraction of sp³-hybridized carbons (Fsp3) is 0.0588. The Kier molecular flexibility index (Phi) is 3.06. The van der Waals surface area contributed by atoms with Crippen LogP contribution in [0.25, 0.3) is 0 Å². The molecule has 112 valence electrons. The predicted octanol–water partition coefficient (Wildman–Crippen LogP) is 2.90. The molecule has 23 heavy (non-hydrogen) atoms. The van der Waals surface area contributed by atoms with Crippen molar-refractivity contribution < 1.29 is 9.53 Å². The van der Waals surface area contributed by atoms with Crippen molar-refractivity contribution in [3.8, 4) is 5.75 Å². The third-order valence-corrected chi connectivity index (χ3v) is 4.01. The van der Waals surface area contributed by atoms with Crippen molar-refractivity contribution in [3.63, 3.8) is 0 Å². The normalized spacial score (nSPS) is 15.8. The molecule has 0 N–H and O–H groups in total. The first kappa shape index (κ1) is 13.8. The molecule has 0 atom stereocenters. The number of hydrogen-bond donors (Lipinski definition) is 0. The molecule has 0 spiro atoms. The van der Waals surface area contributed by atoms with E-state index in [2.05, 4.69) is 9.98 Å². The van der Waals surface area contributed by atoms with Crippen LogP contribution in [-0.2, 0) is 4.79 Å². The van der Waals surface area contributed by atoms with Gasteiger partial charge >= 0.3 is 0 Å². The molecule has 2 heterocycles. The fourth-order valence-electron chi connectivity index (χ4n) is 2.65. The number of anilines is 1. The maximum atomic E-state index is 12.9. The van der Waals surface area contributed by atoms with Crippen molar-refractivity contribution in [2.24, 2.45) is 9.98 Å². The maximum Gasteiger partial charge on any atom is 0.285 e. The van der Waals surface area contributed by atoms with Crippen LogP contribution in [0.3, 0.4) is 0 Å². The van der Waals surface area contributed by atoms with Crippen molar-refractivity contribution in [2.45, 2.75) is 0 Å². The zero-order chi connectivity index (χ0) is 16.0. The van der Waals surface area contributed by atoms with E-state index in [1.165, 1.54) is 4.90 Å². The minimum atomic E-state index is -0.274. The number of ether oxygens (including phenoxy) is 1. The van der Waals surface area contributed by atoms with E-state index in [0.717, 1.165) is 11.3 Å². The Morgan fingerprint density at radius 2 is 1.87 bits per heavy atom. The van der Waals surface area contributed by atoms with Crippen molar-refractivity contribution in [2.75, 3.05) is 12.0 Å². The first-order valence-electron chi connectivity index (χ1n) is 6.98. The summed E-state index contributed by atoms with van der Waals surface area (Å²) in [5.74, 6) is 0.369. The first-order valence-corrected chi connectivity index (χ1v) is 7.39. The summed E-state index contributed by atoms with van der Waals surface area (Å²) in [5.41, 5.74) is 3.06. The highest BCUT2D eigenvalue weighted by Gasteiger charge is 2.37. The van der Waals surface area contributed by atoms with Gasteiger partial charge in [0.25, 0.3) is 5.91 Å². The molecule has 0 aliphatic carbocycles. The van der Waals surface area contributed by atoms with Crippen LogP contribution in [0, 0.1) is 0 Å². The molecule has 0 radical (unpaired) electrons. The summed E-state index contributed by atoms with van der Waals surface area (Å²) in [6.07, 6.45) is 0. The molecule has 1 amide bonds. The molecule has 4 rings (SSSR count). The first-order chi connectivity index (χ1) is 11.2. The van der Waals surface area contributed by atoms with Crippen molar-refractivity contribution in [3.05, 3.63) is 54.1 Å². The number of aliphatic imine (C=N–C) groups is 2. The summed E-state index contributed by atoms with van der Waals surface area (Å²) < 4.78 is 5.21. The molecule has 2 aromatic rings. The second-order valence-electron chi connectivity index (χ2n) is 5.06. The molecular formula is C17H11N3O2S. The highest BCUT2D eigenvalue weighted by atomic mass is 32.1. The van der Waals surface area contributed by atoms with Gasteiger partial charge in [0, 0.05) is 11.6 Å². The molecule has 0 unspecified atom stereocenters. The van der Waals surface area contributed by atoms with Gasteiger partial charge in [0.15, 0.2) is 5.71 Å². The Morgan fingerprint density at radius 3 is 2.70 bits per heavy atom. The quantitative estimate of drug-likeness (QED) is 0.799. The topological polar surface area (TPSA) is 54.3 Å². The van der Waals surface area contributed by atoms with E-state index in [1.807, 2.05) is 24.3 Å². The number of benzene rings is 2. The van der Waals surface area contributed by atoms with Gasteiger partial charge in [-0.05, 0) is 30.4 Å². The molecule has 2 aromatic carbocycles. The Labute approximate surface area is 137 Å². The van der Waals surface area contributed by atoms with E-state index >= 15 is 0 Å². The Morgan fingerprint density at radius 1 is 1.04 bits per heavy atom. The summed E-state index contributed by atoms with van der Waals surface area (Å²) in [5, 5.41) is 0.203. The lowest BCUT2D eigenvalue weighted by atomic mass is 10.1. The zero-order valence-corrected chi connectivity index (χ0v) is 13.0. The highest BCUT2D eigenvalue weighted by molar-refractivity contribution is 7.80. The standard InChI is InChI=1S/C17H11N3O2S/c1-22-11-6-4-5-10(9-11)20-16(21)15-14(19-17(20)23)12-7-2-3-8-13(12)18-15/h2-9H,1H3. The van der Waals surface area contributed by atoms with Crippen molar-refractivity contribution >= 4 is 46.0 Å². The predicted molar refractivity (Wildman–Crippen MR) is 93.2 cm³/mol. The number of fused-ring (bicyclic) bond motifs is 3. The largest absolute Gasteiger partial charge is 0.497 e. The number of carbonyl (C=O) groups excluding carboxylic acids is 1. The third-order valence-electron chi connectivity index (χ3n) is 3.73. The number of thiocarbonyl (C=S) groups is 1. The number of nitrogens with zero attached hydrogens (tertiary/aromatic N) is 3. The van der Waals surface area contributed by atoms with Crippen LogP contribution in [0.5, 0.6) is 5.75 Å². The molecule has 0 saturated heterocycles. The molecule has 0 fully saturated rings. The summed E-state index contributed by atoms with van der Waals surface area (Å²) >= 11 is 5.34. The molecule has 0 saturated carbocycles. The lowest BCUT2D eigenvalue weighted by molar-refractivity contribution is -0.111. The van der Waals surface area contributed by atoms with Crippen LogP contribution in [0.1, 0.15) is 5.56 Å². The van der Waals surface area contributed by atoms with Crippen LogP contribution in [0.2, 0.25) is 0 Å². The van der Waals surface area contributed by atoms with Crippen LogP contribution in [0.15, 0.2) is 58.5 Å². The van der Waals surface area contributed by atoms with Gasteiger partial charge in [-0.2, -0.15) is 0 Å². The van der Waals surface area contributed by atoms with E-state index in [1.54, 1.807) is 31.4 Å². The summed E-state index contributed by atoms with van der Waals surface area (Å²) in [6, 6.07) is 14.7. The monoisotopic (exact) mass is 321 g/mol. The number of rotatable bonds is 2. The van der Waals surface area contributed by atoms with E-state index in [-0.39, 0.29) is 11.0 Å². The lowest BCUT2D eigenvalue weighted by Crippen LogP contribution is -2.46. The minimum absolute atomic E-state index is 0.203. The van der Waals surface area contributed by atoms with Crippen LogP contribution < -0.4 is 9.64 Å². The van der Waals surface area contributed by atoms with Gasteiger partial charge in [0.05, 0.1) is 18.5 Å². The van der Waals surface area contributed by atoms with Crippen LogP contribution >= 0.6 is 12.2 Å². The second-order valence-corrected chi connectivity index (χ2v) is 5.43. The molecule has 0 bridgehead atoms. The van der Waals surface area contributed by atoms with Crippen LogP contribution in [0.4, 0.5) is 11.4 Å². The number of methoxy groups -OCH3 is 1. The number of para-hydroxylation sites is 1. The summed E-state index contributed by atoms with van der Waals surface area (Å²) in [7, 11) is 1.57. The Hall–Kier alpha value is -2.86. The van der Waals surface area contributed by atoms with Gasteiger partial charge in [-0.25, -0.2) is 14.9 Å². The SMILES string of the molecule is COc1cccc(N2C(=O)C3=Nc4ccccc4C3=NC2=S)c1. The Balaban J connectivity index is 1.82. The maximum absolute atomic E-state index is 12.9. The van der Waals surface area contributed by atoms with E-state index in [0.29, 0.717) is 22.9 Å². The second kappa shape index (κ2) is 5.10. The van der Waals surface area contributed by atoms with Gasteiger partial charge in [-0.3, -0.25) is 4.79 Å². The molecule has 0 aromatic heterocycles. The van der Waals surface area contributed by atoms with Gasteiger partial charge in [0.2, 0.25) is 5.11 Å². The smallest absolute Gasteiger partial charge is 0.285 e. The van der Waals surface area contributed by atoms with E-state index in [9.17, 15) is 4.79 Å². The van der Waals surface area contributed by atoms with Gasteiger partial charge < -0.3 is 4.74 Å². The Bertz CT molecular complexity index is 918. The average molecular weight is 321 g/mol. The van der Waals surface area contributed by atoms with Gasteiger partial charge in [-0.15, -0.1) is 0 Å². The molecule has 5 nitrogen and oxygen atoms in total. The highest BCUT2D eigenvalue weighted by Crippen LogP contribution is 2.31. The number of carbonyl (C=O) groups is 1. The third kappa shape index (κ3) is 2.07. The molecule has 2 aliphatic heterocycles. The summed E-state index contributed by atoms with van der Waals surface area (Å²) in [6.45, 7) is 0. The van der Waals surface area contributed by atoms with E-state index in [4.69, 9.17) is 17.0 Å². The average Bonchev–Trinajstić information content (AvgIpc) is 2.94. The van der Waals surface area contributed by atoms with Crippen LogP contribution in [-0.4, -0.2) is 29.6 Å². The zero-order valence-electron chi connectivity index (χ0n) is 12.2. The van der Waals surface area contributed by atoms with Gasteiger partial charge in [-0.1, -0.05) is 24.3 Å². The fourth-order valence-corrected chi connectivity index (χ4v) is 2.93. The van der Waals surface area contributed by atoms with Crippen molar-refractivity contribution in [1.82, 2.24) is 0 Å². The molecular weight excluding hydrogens is 310 g/mol. The molecule has 2 aliphatic rings. The number of amides is 1. The van der Waals surface area contributed by atoms with Crippen molar-refractivity contribution in [1.29, 1.82) is 0 Å². The summed E-state index contributed by atoms with van der Waals surface area (Å²) in [4.78, 5) is 23.1. The lowest BCUT2D eigenvalue weighted by Gasteiger charge is -2.25. The number of hydrogen-bond acceptors (Lipinski definition) is 4. The molecule has 6 heteroatoms. The van der Waals surface area contributed by atoms with Gasteiger partial charge in [0.1, 0.15) is 11.5 Å². The van der Waals surface area contributed by atoms with E-state index < -0.39 is 0 Å². The minimum Gasteiger partial charge on any atom is -0.497 e.